The molecule has 4 nitrogen and oxygen atoms in total. The molecule has 98 valence electrons. The molecule has 2 N–H and O–H groups in total. The molecule has 0 aliphatic carbocycles. The highest BCUT2D eigenvalue weighted by Gasteiger charge is 2.15. The fraction of sp³-hybridized carbons (Fsp3) is 0.214. The number of benzene rings is 1. The molecule has 0 radical (unpaired) electrons. The lowest BCUT2D eigenvalue weighted by molar-refractivity contribution is -0.113. The summed E-state index contributed by atoms with van der Waals surface area (Å²) in [5.74, 6) is 0.571. The van der Waals surface area contributed by atoms with Crippen LogP contribution < -0.4 is 10.6 Å². The minimum atomic E-state index is 0.0673. The number of rotatable bonds is 3. The summed E-state index contributed by atoms with van der Waals surface area (Å²) in [4.78, 5) is 12.5. The molecule has 1 aliphatic heterocycles. The zero-order valence-electron chi connectivity index (χ0n) is 10.6. The van der Waals surface area contributed by atoms with Crippen LogP contribution in [0.25, 0.3) is 0 Å². The predicted molar refractivity (Wildman–Crippen MR) is 78.5 cm³/mol. The van der Waals surface area contributed by atoms with E-state index in [1.54, 1.807) is 11.8 Å². The van der Waals surface area contributed by atoms with Crippen molar-refractivity contribution in [2.75, 3.05) is 16.4 Å². The fourth-order valence-electron chi connectivity index (χ4n) is 2.06. The molecule has 0 spiro atoms. The first-order chi connectivity index (χ1) is 9.20. The lowest BCUT2D eigenvalue weighted by Crippen LogP contribution is -2.18. The van der Waals surface area contributed by atoms with Gasteiger partial charge in [-0.1, -0.05) is 0 Å². The summed E-state index contributed by atoms with van der Waals surface area (Å²) in [6.07, 6.45) is 4.11. The summed E-state index contributed by atoms with van der Waals surface area (Å²) in [6, 6.07) is 8.17. The summed E-state index contributed by atoms with van der Waals surface area (Å²) in [6.45, 7) is 0.778. The van der Waals surface area contributed by atoms with Crippen molar-refractivity contribution in [1.82, 2.24) is 4.57 Å². The Labute approximate surface area is 116 Å². The van der Waals surface area contributed by atoms with E-state index in [0.717, 1.165) is 22.8 Å². The number of anilines is 2. The van der Waals surface area contributed by atoms with Crippen molar-refractivity contribution >= 4 is 29.0 Å². The first kappa shape index (κ1) is 12.2. The highest BCUT2D eigenvalue weighted by Crippen LogP contribution is 2.33. The van der Waals surface area contributed by atoms with Gasteiger partial charge in [-0.2, -0.15) is 0 Å². The smallest absolute Gasteiger partial charge is 0.234 e. The van der Waals surface area contributed by atoms with Crippen LogP contribution in [0.2, 0.25) is 0 Å². The van der Waals surface area contributed by atoms with Crippen molar-refractivity contribution < 1.29 is 4.79 Å². The average molecular weight is 273 g/mol. The molecule has 19 heavy (non-hydrogen) atoms. The molecule has 2 heterocycles. The molecule has 0 saturated carbocycles. The van der Waals surface area contributed by atoms with Crippen LogP contribution in [-0.2, 0) is 18.4 Å². The van der Waals surface area contributed by atoms with Gasteiger partial charge in [-0.05, 0) is 29.8 Å². The molecule has 0 atom stereocenters. The number of amides is 1. The molecule has 5 heteroatoms. The third-order valence-corrected chi connectivity index (χ3v) is 4.08. The summed E-state index contributed by atoms with van der Waals surface area (Å²) in [7, 11) is 2.01. The quantitative estimate of drug-likeness (QED) is 0.904. The molecule has 3 rings (SSSR count). The number of hydrogen-bond acceptors (Lipinski definition) is 3. The van der Waals surface area contributed by atoms with Gasteiger partial charge < -0.3 is 15.2 Å². The Kier molecular flexibility index (Phi) is 3.21. The van der Waals surface area contributed by atoms with Crippen LogP contribution in [0.15, 0.2) is 41.6 Å². The van der Waals surface area contributed by atoms with Crippen molar-refractivity contribution in [3.63, 3.8) is 0 Å². The van der Waals surface area contributed by atoms with E-state index in [-0.39, 0.29) is 5.91 Å². The monoisotopic (exact) mass is 273 g/mol. The van der Waals surface area contributed by atoms with E-state index in [1.165, 1.54) is 5.56 Å². The van der Waals surface area contributed by atoms with Crippen LogP contribution in [0.1, 0.15) is 5.56 Å². The van der Waals surface area contributed by atoms with E-state index in [4.69, 9.17) is 0 Å². The van der Waals surface area contributed by atoms with E-state index in [0.29, 0.717) is 5.75 Å². The van der Waals surface area contributed by atoms with E-state index >= 15 is 0 Å². The second-order valence-electron chi connectivity index (χ2n) is 4.59. The lowest BCUT2D eigenvalue weighted by Gasteiger charge is -2.17. The number of aromatic nitrogens is 1. The van der Waals surface area contributed by atoms with E-state index in [9.17, 15) is 4.79 Å². The molecule has 0 saturated heterocycles. The molecule has 1 amide bonds. The maximum absolute atomic E-state index is 11.4. The largest absolute Gasteiger partial charge is 0.381 e. The number of hydrogen-bond donors (Lipinski definition) is 2. The van der Waals surface area contributed by atoms with Gasteiger partial charge in [0, 0.05) is 36.6 Å². The second kappa shape index (κ2) is 5.01. The van der Waals surface area contributed by atoms with Crippen LogP contribution in [0.5, 0.6) is 0 Å². The van der Waals surface area contributed by atoms with Gasteiger partial charge in [0.2, 0.25) is 5.91 Å². The Morgan fingerprint density at radius 3 is 3.11 bits per heavy atom. The van der Waals surface area contributed by atoms with Crippen molar-refractivity contribution in [1.29, 1.82) is 0 Å². The Hall–Kier alpha value is -1.88. The van der Waals surface area contributed by atoms with Crippen molar-refractivity contribution in [2.24, 2.45) is 7.05 Å². The van der Waals surface area contributed by atoms with Gasteiger partial charge >= 0.3 is 0 Å². The molecule has 0 unspecified atom stereocenters. The predicted octanol–water partition coefficient (Wildman–Crippen LogP) is 2.68. The number of nitrogens with one attached hydrogen (secondary N) is 2. The van der Waals surface area contributed by atoms with Gasteiger partial charge in [-0.15, -0.1) is 11.8 Å². The average Bonchev–Trinajstić information content (AvgIpc) is 2.81. The molecule has 1 aliphatic rings. The van der Waals surface area contributed by atoms with Gasteiger partial charge in [0.25, 0.3) is 0 Å². The molecule has 1 aromatic carbocycles. The minimum Gasteiger partial charge on any atom is -0.381 e. The number of nitrogens with zero attached hydrogens (tertiary/aromatic N) is 1. The van der Waals surface area contributed by atoms with Gasteiger partial charge in [0.15, 0.2) is 0 Å². The molecule has 1 aromatic heterocycles. The van der Waals surface area contributed by atoms with Crippen LogP contribution in [0.4, 0.5) is 11.4 Å². The number of aryl methyl sites for hydroxylation is 1. The van der Waals surface area contributed by atoms with Crippen LogP contribution >= 0.6 is 11.8 Å². The molecular weight excluding hydrogens is 258 g/mol. The normalized spacial score (nSPS) is 13.8. The second-order valence-corrected chi connectivity index (χ2v) is 5.60. The highest BCUT2D eigenvalue weighted by atomic mass is 32.2. The Bertz CT molecular complexity index is 621. The molecule has 2 aromatic rings. The van der Waals surface area contributed by atoms with E-state index in [1.807, 2.05) is 36.0 Å². The van der Waals surface area contributed by atoms with Crippen LogP contribution in [0.3, 0.4) is 0 Å². The molecule has 0 fully saturated rings. The third kappa shape index (κ3) is 2.76. The van der Waals surface area contributed by atoms with Crippen LogP contribution in [-0.4, -0.2) is 16.2 Å². The summed E-state index contributed by atoms with van der Waals surface area (Å²) in [5, 5.41) is 6.26. The Balaban J connectivity index is 1.71. The fourth-order valence-corrected chi connectivity index (χ4v) is 2.85. The zero-order chi connectivity index (χ0) is 13.2. The molecule has 0 bridgehead atoms. The van der Waals surface area contributed by atoms with Gasteiger partial charge in [0.1, 0.15) is 0 Å². The maximum atomic E-state index is 11.4. The standard InChI is InChI=1S/C14H15N3OS/c1-17-5-4-10(8-17)7-15-11-2-3-13-12(6-11)16-14(18)9-19-13/h2-6,8,15H,7,9H2,1H3,(H,16,18). The third-order valence-electron chi connectivity index (χ3n) is 3.00. The summed E-state index contributed by atoms with van der Waals surface area (Å²) in [5.41, 5.74) is 3.16. The highest BCUT2D eigenvalue weighted by molar-refractivity contribution is 8.00. The van der Waals surface area contributed by atoms with E-state index in [2.05, 4.69) is 22.9 Å². The summed E-state index contributed by atoms with van der Waals surface area (Å²) < 4.78 is 2.03. The van der Waals surface area contributed by atoms with Gasteiger partial charge in [-0.3, -0.25) is 4.79 Å². The van der Waals surface area contributed by atoms with Crippen molar-refractivity contribution in [3.05, 3.63) is 42.2 Å². The SMILES string of the molecule is Cn1ccc(CNc2ccc3c(c2)NC(=O)CS3)c1. The van der Waals surface area contributed by atoms with Crippen molar-refractivity contribution in [3.8, 4) is 0 Å². The number of carbonyl (C=O) groups is 1. The topological polar surface area (TPSA) is 46.1 Å². The van der Waals surface area contributed by atoms with Gasteiger partial charge in [-0.25, -0.2) is 0 Å². The van der Waals surface area contributed by atoms with Crippen molar-refractivity contribution in [2.45, 2.75) is 11.4 Å². The first-order valence-corrected chi connectivity index (χ1v) is 7.11. The number of fused-ring (bicyclic) bond motifs is 1. The first-order valence-electron chi connectivity index (χ1n) is 6.12. The maximum Gasteiger partial charge on any atom is 0.234 e. The number of carbonyl (C=O) groups excluding carboxylic acids is 1. The number of thioether (sulfide) groups is 1. The minimum absolute atomic E-state index is 0.0673. The van der Waals surface area contributed by atoms with Gasteiger partial charge in [0.05, 0.1) is 11.4 Å². The molecular formula is C14H15N3OS. The Morgan fingerprint density at radius 2 is 2.32 bits per heavy atom. The van der Waals surface area contributed by atoms with Crippen LogP contribution in [0, 0.1) is 0 Å². The zero-order valence-corrected chi connectivity index (χ0v) is 11.5. The lowest BCUT2D eigenvalue weighted by atomic mass is 10.2. The van der Waals surface area contributed by atoms with E-state index < -0.39 is 0 Å². The summed E-state index contributed by atoms with van der Waals surface area (Å²) >= 11 is 1.58. The Morgan fingerprint density at radius 1 is 1.42 bits per heavy atom.